The number of hydrogen-bond acceptors (Lipinski definition) is 4. The summed E-state index contributed by atoms with van der Waals surface area (Å²) in [6.07, 6.45) is 5.29. The summed E-state index contributed by atoms with van der Waals surface area (Å²) in [7, 11) is 0.646. The van der Waals surface area contributed by atoms with E-state index in [0.29, 0.717) is 39.6 Å². The van der Waals surface area contributed by atoms with Gasteiger partial charge in [0.05, 0.1) is 47.7 Å². The maximum absolute atomic E-state index is 5.74. The molecule has 4 nitrogen and oxygen atoms in total. The second kappa shape index (κ2) is 17.9. The number of methoxy groups -OCH3 is 1. The highest BCUT2D eigenvalue weighted by Crippen LogP contribution is 2.31. The molecule has 0 radical (unpaired) electrons. The summed E-state index contributed by atoms with van der Waals surface area (Å²) in [5.41, 5.74) is 0. The first kappa shape index (κ1) is 24.1. The molecule has 0 saturated heterocycles. The molecule has 0 unspecified atom stereocenters. The minimum atomic E-state index is -1.03. The zero-order valence-corrected chi connectivity index (χ0v) is 17.7. The van der Waals surface area contributed by atoms with E-state index in [1.807, 2.05) is 0 Å². The van der Waals surface area contributed by atoms with Gasteiger partial charge in [-0.2, -0.15) is 0 Å². The molecule has 0 amide bonds. The zero-order chi connectivity index (χ0) is 17.9. The molecule has 0 fully saturated rings. The molecule has 0 N–H and O–H groups in total. The third-order valence-electron chi connectivity index (χ3n) is 4.51. The summed E-state index contributed by atoms with van der Waals surface area (Å²) in [4.78, 5) is 0. The first-order valence-electron chi connectivity index (χ1n) is 9.96. The Hall–Kier alpha value is 0.0569. The maximum Gasteiger partial charge on any atom is 0.0701 e. The SMILES string of the molecule is CCC[Si](CCC)(CCC)CCCOCCOCCOCCOC. The van der Waals surface area contributed by atoms with Crippen molar-refractivity contribution in [3.05, 3.63) is 0 Å². The second-order valence-corrected chi connectivity index (χ2v) is 11.7. The van der Waals surface area contributed by atoms with E-state index < -0.39 is 8.07 Å². The molecular formula is C19H42O4Si. The van der Waals surface area contributed by atoms with Crippen molar-refractivity contribution in [3.8, 4) is 0 Å². The van der Waals surface area contributed by atoms with Gasteiger partial charge in [0.2, 0.25) is 0 Å². The molecular weight excluding hydrogens is 320 g/mol. The number of ether oxygens (including phenoxy) is 4. The Kier molecular flexibility index (Phi) is 17.9. The summed E-state index contributed by atoms with van der Waals surface area (Å²) < 4.78 is 21.5. The van der Waals surface area contributed by atoms with Crippen LogP contribution >= 0.6 is 0 Å². The molecule has 0 aromatic heterocycles. The van der Waals surface area contributed by atoms with Crippen LogP contribution in [0.5, 0.6) is 0 Å². The highest BCUT2D eigenvalue weighted by atomic mass is 28.3. The van der Waals surface area contributed by atoms with Crippen LogP contribution in [0.1, 0.15) is 46.5 Å². The van der Waals surface area contributed by atoms with Crippen LogP contribution in [0.4, 0.5) is 0 Å². The van der Waals surface area contributed by atoms with Gasteiger partial charge in [-0.15, -0.1) is 0 Å². The lowest BCUT2D eigenvalue weighted by atomic mass is 10.5. The van der Waals surface area contributed by atoms with Gasteiger partial charge in [-0.05, 0) is 6.42 Å². The van der Waals surface area contributed by atoms with Crippen molar-refractivity contribution < 1.29 is 18.9 Å². The molecule has 0 saturated carbocycles. The van der Waals surface area contributed by atoms with E-state index in [0.717, 1.165) is 6.61 Å². The molecule has 0 aromatic carbocycles. The molecule has 0 aliphatic heterocycles. The van der Waals surface area contributed by atoms with E-state index in [1.165, 1.54) is 49.9 Å². The summed E-state index contributed by atoms with van der Waals surface area (Å²) in [5, 5.41) is 0. The van der Waals surface area contributed by atoms with Crippen molar-refractivity contribution in [3.63, 3.8) is 0 Å². The summed E-state index contributed by atoms with van der Waals surface area (Å²) in [6.45, 7) is 11.8. The van der Waals surface area contributed by atoms with Crippen LogP contribution in [0.25, 0.3) is 0 Å². The highest BCUT2D eigenvalue weighted by molar-refractivity contribution is 6.79. The van der Waals surface area contributed by atoms with E-state index in [-0.39, 0.29) is 0 Å². The molecule has 0 aromatic rings. The predicted molar refractivity (Wildman–Crippen MR) is 105 cm³/mol. The Labute approximate surface area is 151 Å². The minimum absolute atomic E-state index is 0.628. The van der Waals surface area contributed by atoms with Crippen LogP contribution in [0.15, 0.2) is 0 Å². The van der Waals surface area contributed by atoms with E-state index in [1.54, 1.807) is 7.11 Å². The van der Waals surface area contributed by atoms with Crippen molar-refractivity contribution in [2.24, 2.45) is 0 Å². The van der Waals surface area contributed by atoms with Crippen LogP contribution in [-0.2, 0) is 18.9 Å². The average molecular weight is 363 g/mol. The third kappa shape index (κ3) is 13.4. The molecule has 0 bridgehead atoms. The van der Waals surface area contributed by atoms with E-state index in [2.05, 4.69) is 20.8 Å². The van der Waals surface area contributed by atoms with E-state index in [9.17, 15) is 0 Å². The van der Waals surface area contributed by atoms with Crippen LogP contribution in [-0.4, -0.2) is 61.4 Å². The van der Waals surface area contributed by atoms with Crippen molar-refractivity contribution >= 4 is 8.07 Å². The fraction of sp³-hybridized carbons (Fsp3) is 1.00. The van der Waals surface area contributed by atoms with Gasteiger partial charge in [-0.1, -0.05) is 64.2 Å². The highest BCUT2D eigenvalue weighted by Gasteiger charge is 2.29. The fourth-order valence-corrected chi connectivity index (χ4v) is 9.15. The summed E-state index contributed by atoms with van der Waals surface area (Å²) >= 11 is 0. The van der Waals surface area contributed by atoms with Crippen LogP contribution in [0.2, 0.25) is 24.2 Å². The van der Waals surface area contributed by atoms with Gasteiger partial charge in [0.1, 0.15) is 0 Å². The molecule has 0 aliphatic rings. The summed E-state index contributed by atoms with van der Waals surface area (Å²) in [6, 6.07) is 5.94. The van der Waals surface area contributed by atoms with E-state index in [4.69, 9.17) is 18.9 Å². The normalized spacial score (nSPS) is 12.0. The van der Waals surface area contributed by atoms with Crippen LogP contribution < -0.4 is 0 Å². The number of rotatable bonds is 19. The molecule has 0 atom stereocenters. The lowest BCUT2D eigenvalue weighted by Crippen LogP contribution is -2.33. The lowest BCUT2D eigenvalue weighted by Gasteiger charge is -2.31. The first-order valence-corrected chi connectivity index (χ1v) is 12.8. The molecule has 0 heterocycles. The van der Waals surface area contributed by atoms with Gasteiger partial charge >= 0.3 is 0 Å². The first-order chi connectivity index (χ1) is 11.7. The van der Waals surface area contributed by atoms with Gasteiger partial charge in [0.15, 0.2) is 0 Å². The molecule has 0 rings (SSSR count). The smallest absolute Gasteiger partial charge is 0.0701 e. The van der Waals surface area contributed by atoms with Crippen molar-refractivity contribution in [1.29, 1.82) is 0 Å². The largest absolute Gasteiger partial charge is 0.382 e. The topological polar surface area (TPSA) is 36.9 Å². The molecule has 0 spiro atoms. The molecule has 0 aliphatic carbocycles. The number of hydrogen-bond donors (Lipinski definition) is 0. The van der Waals surface area contributed by atoms with E-state index >= 15 is 0 Å². The Bertz CT molecular complexity index is 235. The zero-order valence-electron chi connectivity index (χ0n) is 16.7. The average Bonchev–Trinajstić information content (AvgIpc) is 2.56. The quantitative estimate of drug-likeness (QED) is 0.245. The Balaban J connectivity index is 3.60. The summed E-state index contributed by atoms with van der Waals surface area (Å²) in [5.74, 6) is 0. The molecule has 146 valence electrons. The Morgan fingerprint density at radius 1 is 0.542 bits per heavy atom. The Morgan fingerprint density at radius 3 is 1.38 bits per heavy atom. The Morgan fingerprint density at radius 2 is 0.958 bits per heavy atom. The molecule has 24 heavy (non-hydrogen) atoms. The van der Waals surface area contributed by atoms with Crippen LogP contribution in [0, 0.1) is 0 Å². The van der Waals surface area contributed by atoms with Crippen molar-refractivity contribution in [1.82, 2.24) is 0 Å². The second-order valence-electron chi connectivity index (χ2n) is 6.68. The monoisotopic (exact) mass is 362 g/mol. The van der Waals surface area contributed by atoms with Crippen molar-refractivity contribution in [2.45, 2.75) is 70.6 Å². The molecule has 5 heteroatoms. The van der Waals surface area contributed by atoms with Gasteiger partial charge in [0.25, 0.3) is 0 Å². The van der Waals surface area contributed by atoms with Crippen molar-refractivity contribution in [2.75, 3.05) is 53.4 Å². The lowest BCUT2D eigenvalue weighted by molar-refractivity contribution is 0.00374. The van der Waals surface area contributed by atoms with Gasteiger partial charge in [-0.25, -0.2) is 0 Å². The van der Waals surface area contributed by atoms with Gasteiger partial charge in [0, 0.05) is 13.7 Å². The maximum atomic E-state index is 5.74. The minimum Gasteiger partial charge on any atom is -0.382 e. The standard InChI is InChI=1S/C19H42O4Si/c1-5-16-24(17-6-2,18-7-3)19-8-9-21-12-13-23-15-14-22-11-10-20-4/h5-19H2,1-4H3. The predicted octanol–water partition coefficient (Wildman–Crippen LogP) is 4.75. The van der Waals surface area contributed by atoms with Gasteiger partial charge < -0.3 is 18.9 Å². The third-order valence-corrected chi connectivity index (χ3v) is 10.6. The fourth-order valence-electron chi connectivity index (χ4n) is 3.57. The van der Waals surface area contributed by atoms with Gasteiger partial charge in [-0.3, -0.25) is 0 Å². The van der Waals surface area contributed by atoms with Crippen LogP contribution in [0.3, 0.4) is 0 Å².